The van der Waals surface area contributed by atoms with Crippen LogP contribution < -0.4 is 10.2 Å². The van der Waals surface area contributed by atoms with Gasteiger partial charge in [0.2, 0.25) is 0 Å². The van der Waals surface area contributed by atoms with Crippen molar-refractivity contribution in [2.24, 2.45) is 5.41 Å². The zero-order chi connectivity index (χ0) is 14.6. The summed E-state index contributed by atoms with van der Waals surface area (Å²) >= 11 is 0. The van der Waals surface area contributed by atoms with Gasteiger partial charge in [-0.05, 0) is 24.5 Å². The highest BCUT2D eigenvalue weighted by molar-refractivity contribution is 6.62. The number of methoxy groups -OCH3 is 1. The molecule has 0 radical (unpaired) electrons. The van der Waals surface area contributed by atoms with Crippen LogP contribution in [-0.2, 0) is 15.7 Å². The second-order valence-electron chi connectivity index (χ2n) is 6.02. The number of rotatable bonds is 5. The van der Waals surface area contributed by atoms with Crippen LogP contribution in [0, 0.1) is 5.41 Å². The molecule has 0 atom stereocenters. The molecule has 0 aromatic heterocycles. The van der Waals surface area contributed by atoms with Gasteiger partial charge in [-0.1, -0.05) is 26.0 Å². The number of hydrogen-bond acceptors (Lipinski definition) is 4. The zero-order valence-corrected chi connectivity index (χ0v) is 12.5. The fourth-order valence-electron chi connectivity index (χ4n) is 2.28. The maximum Gasteiger partial charge on any atom is 0.497 e. The van der Waals surface area contributed by atoms with Crippen LogP contribution in [0.4, 0.5) is 0 Å². The first-order chi connectivity index (χ1) is 9.55. The molecule has 0 amide bonds. The molecule has 2 rings (SSSR count). The predicted molar refractivity (Wildman–Crippen MR) is 79.5 cm³/mol. The minimum absolute atomic E-state index is 0.0538. The Morgan fingerprint density at radius 3 is 2.60 bits per heavy atom. The van der Waals surface area contributed by atoms with E-state index in [1.54, 1.807) is 7.11 Å². The van der Waals surface area contributed by atoms with E-state index in [1.807, 2.05) is 12.1 Å². The fraction of sp³-hybridized carbons (Fsp3) is 0.600. The van der Waals surface area contributed by atoms with E-state index in [0.717, 1.165) is 29.6 Å². The van der Waals surface area contributed by atoms with E-state index in [2.05, 4.69) is 19.9 Å². The SMILES string of the molecule is COc1ccc(CCCO)cc1B1OCC(C)(C)CO1. The average molecular weight is 278 g/mol. The molecule has 1 heterocycles. The summed E-state index contributed by atoms with van der Waals surface area (Å²) in [5.41, 5.74) is 2.14. The molecule has 5 heteroatoms. The van der Waals surface area contributed by atoms with Gasteiger partial charge in [-0.3, -0.25) is 0 Å². The van der Waals surface area contributed by atoms with Gasteiger partial charge in [0.15, 0.2) is 0 Å². The summed E-state index contributed by atoms with van der Waals surface area (Å²) in [7, 11) is 1.28. The zero-order valence-electron chi connectivity index (χ0n) is 12.5. The van der Waals surface area contributed by atoms with Crippen LogP contribution in [0.2, 0.25) is 0 Å². The molecule has 1 aliphatic heterocycles. The van der Waals surface area contributed by atoms with E-state index in [-0.39, 0.29) is 19.1 Å². The largest absolute Gasteiger partial charge is 0.497 e. The summed E-state index contributed by atoms with van der Waals surface area (Å²) < 4.78 is 17.1. The Hall–Kier alpha value is -1.04. The van der Waals surface area contributed by atoms with Crippen LogP contribution in [0.5, 0.6) is 5.75 Å². The van der Waals surface area contributed by atoms with Gasteiger partial charge in [0.05, 0.1) is 7.11 Å². The van der Waals surface area contributed by atoms with E-state index in [0.29, 0.717) is 13.2 Å². The molecule has 110 valence electrons. The van der Waals surface area contributed by atoms with Crippen LogP contribution >= 0.6 is 0 Å². The standard InChI is InChI=1S/C15H23BO4/c1-15(2)10-19-16(20-11-15)13-9-12(5-4-8-17)6-7-14(13)18-3/h6-7,9,17H,4-5,8,10-11H2,1-3H3. The van der Waals surface area contributed by atoms with Gasteiger partial charge >= 0.3 is 7.12 Å². The molecule has 1 aromatic carbocycles. The van der Waals surface area contributed by atoms with E-state index >= 15 is 0 Å². The molecule has 0 aliphatic carbocycles. The van der Waals surface area contributed by atoms with Gasteiger partial charge in [0.1, 0.15) is 5.75 Å². The third-order valence-electron chi connectivity index (χ3n) is 3.42. The summed E-state index contributed by atoms with van der Waals surface area (Å²) in [6.07, 6.45) is 1.59. The highest BCUT2D eigenvalue weighted by Gasteiger charge is 2.35. The Morgan fingerprint density at radius 2 is 2.00 bits per heavy atom. The van der Waals surface area contributed by atoms with Gasteiger partial charge in [0.25, 0.3) is 0 Å². The number of aliphatic hydroxyl groups excluding tert-OH is 1. The molecule has 4 nitrogen and oxygen atoms in total. The first kappa shape index (κ1) is 15.4. The van der Waals surface area contributed by atoms with Gasteiger partial charge in [-0.15, -0.1) is 0 Å². The maximum atomic E-state index is 8.93. The van der Waals surface area contributed by atoms with Crippen molar-refractivity contribution in [1.29, 1.82) is 0 Å². The molecule has 1 saturated heterocycles. The third-order valence-corrected chi connectivity index (χ3v) is 3.42. The Kier molecular flexibility index (Phi) is 5.08. The number of aryl methyl sites for hydroxylation is 1. The topological polar surface area (TPSA) is 47.9 Å². The third kappa shape index (κ3) is 3.75. The number of hydrogen-bond donors (Lipinski definition) is 1. The molecule has 20 heavy (non-hydrogen) atoms. The predicted octanol–water partition coefficient (Wildman–Crippen LogP) is 1.39. The number of benzene rings is 1. The molecule has 1 aromatic rings. The van der Waals surface area contributed by atoms with Crippen molar-refractivity contribution in [1.82, 2.24) is 0 Å². The van der Waals surface area contributed by atoms with Crippen molar-refractivity contribution in [3.8, 4) is 5.75 Å². The van der Waals surface area contributed by atoms with E-state index in [4.69, 9.17) is 19.2 Å². The number of ether oxygens (including phenoxy) is 1. The maximum absolute atomic E-state index is 8.93. The highest BCUT2D eigenvalue weighted by atomic mass is 16.6. The lowest BCUT2D eigenvalue weighted by atomic mass is 9.74. The fourth-order valence-corrected chi connectivity index (χ4v) is 2.28. The lowest BCUT2D eigenvalue weighted by molar-refractivity contribution is 0.0341. The van der Waals surface area contributed by atoms with Gasteiger partial charge < -0.3 is 19.2 Å². The van der Waals surface area contributed by atoms with Crippen LogP contribution in [0.15, 0.2) is 18.2 Å². The second kappa shape index (κ2) is 6.61. The summed E-state index contributed by atoms with van der Waals surface area (Å²) in [4.78, 5) is 0. The first-order valence-electron chi connectivity index (χ1n) is 7.06. The highest BCUT2D eigenvalue weighted by Crippen LogP contribution is 2.23. The van der Waals surface area contributed by atoms with Crippen LogP contribution in [0.25, 0.3) is 0 Å². The quantitative estimate of drug-likeness (QED) is 0.827. The van der Waals surface area contributed by atoms with Crippen LogP contribution in [0.3, 0.4) is 0 Å². The minimum Gasteiger partial charge on any atom is -0.497 e. The normalized spacial score (nSPS) is 18.1. The molecule has 0 bridgehead atoms. The molecule has 1 N–H and O–H groups in total. The molecule has 0 spiro atoms. The summed E-state index contributed by atoms with van der Waals surface area (Å²) in [5.74, 6) is 0.780. The first-order valence-corrected chi connectivity index (χ1v) is 7.06. The summed E-state index contributed by atoms with van der Waals surface area (Å²) in [6.45, 7) is 5.78. The lowest BCUT2D eigenvalue weighted by Gasteiger charge is -2.33. The van der Waals surface area contributed by atoms with Crippen molar-refractivity contribution >= 4 is 12.6 Å². The molecule has 1 aliphatic rings. The van der Waals surface area contributed by atoms with Crippen molar-refractivity contribution in [3.05, 3.63) is 23.8 Å². The molecule has 0 saturated carbocycles. The molecular weight excluding hydrogens is 255 g/mol. The average Bonchev–Trinajstić information content (AvgIpc) is 2.45. The Bertz CT molecular complexity index is 437. The van der Waals surface area contributed by atoms with E-state index < -0.39 is 0 Å². The van der Waals surface area contributed by atoms with Gasteiger partial charge in [-0.25, -0.2) is 0 Å². The smallest absolute Gasteiger partial charge is 0.497 e. The van der Waals surface area contributed by atoms with Crippen LogP contribution in [-0.4, -0.2) is 39.2 Å². The molecular formula is C15H23BO4. The monoisotopic (exact) mass is 278 g/mol. The summed E-state index contributed by atoms with van der Waals surface area (Å²) in [5, 5.41) is 8.93. The minimum atomic E-state index is -0.368. The Labute approximate surface area is 121 Å². The van der Waals surface area contributed by atoms with E-state index in [9.17, 15) is 0 Å². The van der Waals surface area contributed by atoms with E-state index in [1.165, 1.54) is 0 Å². The Morgan fingerprint density at radius 1 is 1.30 bits per heavy atom. The summed E-state index contributed by atoms with van der Waals surface area (Å²) in [6, 6.07) is 6.01. The van der Waals surface area contributed by atoms with Gasteiger partial charge in [-0.2, -0.15) is 0 Å². The van der Waals surface area contributed by atoms with Crippen molar-refractivity contribution in [3.63, 3.8) is 0 Å². The van der Waals surface area contributed by atoms with Gasteiger partial charge in [0, 0.05) is 30.7 Å². The lowest BCUT2D eigenvalue weighted by Crippen LogP contribution is -2.47. The van der Waals surface area contributed by atoms with Crippen molar-refractivity contribution in [2.45, 2.75) is 26.7 Å². The molecule has 1 fully saturated rings. The van der Waals surface area contributed by atoms with Crippen LogP contribution in [0.1, 0.15) is 25.8 Å². The second-order valence-corrected chi connectivity index (χ2v) is 6.02. The van der Waals surface area contributed by atoms with Crippen molar-refractivity contribution in [2.75, 3.05) is 26.9 Å². The number of aliphatic hydroxyl groups is 1. The Balaban J connectivity index is 2.16. The van der Waals surface area contributed by atoms with Crippen molar-refractivity contribution < 1.29 is 19.2 Å². The molecule has 0 unspecified atom stereocenters.